The van der Waals surface area contributed by atoms with Crippen molar-refractivity contribution >= 4 is 0 Å². The zero-order chi connectivity index (χ0) is 14.1. The normalized spacial score (nSPS) is 32.4. The lowest BCUT2D eigenvalue weighted by Crippen LogP contribution is -2.52. The van der Waals surface area contributed by atoms with Crippen LogP contribution in [0.3, 0.4) is 0 Å². The van der Waals surface area contributed by atoms with E-state index in [1.807, 2.05) is 0 Å². The first-order chi connectivity index (χ1) is 8.80. The third kappa shape index (κ3) is 4.46. The van der Waals surface area contributed by atoms with Gasteiger partial charge in [-0.15, -0.1) is 0 Å². The largest absolute Gasteiger partial charge is 0.310 e. The number of nitrogens with zero attached hydrogens (tertiary/aromatic N) is 1. The first kappa shape index (κ1) is 15.3. The van der Waals surface area contributed by atoms with E-state index in [0.717, 1.165) is 12.1 Å². The Hall–Kier alpha value is -0.0800. The van der Waals surface area contributed by atoms with Gasteiger partial charge in [-0.3, -0.25) is 0 Å². The van der Waals surface area contributed by atoms with E-state index in [1.165, 1.54) is 51.7 Å². The van der Waals surface area contributed by atoms with Gasteiger partial charge in [-0.1, -0.05) is 34.6 Å². The van der Waals surface area contributed by atoms with E-state index in [4.69, 9.17) is 0 Å². The number of hydrogen-bond donors (Lipinski definition) is 1. The first-order valence-corrected chi connectivity index (χ1v) is 8.28. The summed E-state index contributed by atoms with van der Waals surface area (Å²) in [5.41, 5.74) is 0.997. The maximum absolute atomic E-state index is 3.99. The Balaban J connectivity index is 1.91. The molecule has 1 N–H and O–H groups in total. The minimum Gasteiger partial charge on any atom is -0.310 e. The minimum absolute atomic E-state index is 0.499. The molecule has 2 heteroatoms. The van der Waals surface area contributed by atoms with Crippen LogP contribution in [0, 0.1) is 10.8 Å². The second-order valence-electron chi connectivity index (χ2n) is 8.51. The highest BCUT2D eigenvalue weighted by atomic mass is 15.2. The number of rotatable bonds is 3. The van der Waals surface area contributed by atoms with Crippen LogP contribution in [0.15, 0.2) is 0 Å². The molecular formula is C17H34N2. The van der Waals surface area contributed by atoms with Gasteiger partial charge in [0.25, 0.3) is 0 Å². The Morgan fingerprint density at radius 3 is 2.26 bits per heavy atom. The molecule has 112 valence electrons. The average Bonchev–Trinajstić information content (AvgIpc) is 2.24. The smallest absolute Gasteiger partial charge is 0.0198 e. The molecule has 1 aliphatic heterocycles. The van der Waals surface area contributed by atoms with Gasteiger partial charge in [-0.2, -0.15) is 0 Å². The summed E-state index contributed by atoms with van der Waals surface area (Å²) in [5, 5.41) is 3.99. The predicted molar refractivity (Wildman–Crippen MR) is 83.5 cm³/mol. The summed E-state index contributed by atoms with van der Waals surface area (Å²) in [7, 11) is 0. The van der Waals surface area contributed by atoms with Crippen LogP contribution in [-0.2, 0) is 0 Å². The summed E-state index contributed by atoms with van der Waals surface area (Å²) in [6.07, 6.45) is 6.79. The molecule has 0 radical (unpaired) electrons. The average molecular weight is 266 g/mol. The van der Waals surface area contributed by atoms with Crippen LogP contribution in [0.2, 0.25) is 0 Å². The van der Waals surface area contributed by atoms with Crippen molar-refractivity contribution < 1.29 is 0 Å². The molecule has 0 aromatic heterocycles. The summed E-state index contributed by atoms with van der Waals surface area (Å²) < 4.78 is 0. The number of nitrogens with one attached hydrogen (secondary N) is 1. The molecule has 1 heterocycles. The quantitative estimate of drug-likeness (QED) is 0.838. The van der Waals surface area contributed by atoms with Gasteiger partial charge in [-0.05, 0) is 56.0 Å². The third-order valence-corrected chi connectivity index (χ3v) is 4.98. The molecule has 2 fully saturated rings. The number of piperidine rings is 1. The fourth-order valence-corrected chi connectivity index (χ4v) is 4.78. The van der Waals surface area contributed by atoms with E-state index in [-0.39, 0.29) is 0 Å². The Morgan fingerprint density at radius 2 is 1.68 bits per heavy atom. The molecule has 0 bridgehead atoms. The van der Waals surface area contributed by atoms with E-state index < -0.39 is 0 Å². The Labute approximate surface area is 120 Å². The first-order valence-electron chi connectivity index (χ1n) is 8.28. The summed E-state index contributed by atoms with van der Waals surface area (Å²) in [5.74, 6) is 0. The van der Waals surface area contributed by atoms with Crippen LogP contribution >= 0.6 is 0 Å². The second kappa shape index (κ2) is 5.73. The maximum atomic E-state index is 3.99. The second-order valence-corrected chi connectivity index (χ2v) is 8.51. The molecule has 2 nitrogen and oxygen atoms in total. The highest BCUT2D eigenvalue weighted by molar-refractivity contribution is 4.94. The molecule has 0 amide bonds. The third-order valence-electron chi connectivity index (χ3n) is 4.98. The lowest BCUT2D eigenvalue weighted by molar-refractivity contribution is 0.0723. The van der Waals surface area contributed by atoms with Crippen LogP contribution < -0.4 is 5.32 Å². The Morgan fingerprint density at radius 1 is 1.05 bits per heavy atom. The van der Waals surface area contributed by atoms with E-state index in [0.29, 0.717) is 10.8 Å². The fraction of sp³-hybridized carbons (Fsp3) is 1.00. The van der Waals surface area contributed by atoms with Crippen LogP contribution in [0.5, 0.6) is 0 Å². The summed E-state index contributed by atoms with van der Waals surface area (Å²) >= 11 is 0. The maximum Gasteiger partial charge on any atom is 0.0198 e. The van der Waals surface area contributed by atoms with Gasteiger partial charge in [0.05, 0.1) is 0 Å². The lowest BCUT2D eigenvalue weighted by atomic mass is 9.63. The zero-order valence-electron chi connectivity index (χ0n) is 13.8. The Bertz CT molecular complexity index is 280. The molecule has 1 aliphatic carbocycles. The topological polar surface area (TPSA) is 15.3 Å². The predicted octanol–water partition coefficient (Wildman–Crippen LogP) is 3.67. The molecule has 0 aromatic carbocycles. The van der Waals surface area contributed by atoms with Crippen molar-refractivity contribution in [2.24, 2.45) is 10.8 Å². The van der Waals surface area contributed by atoms with Crippen molar-refractivity contribution in [3.8, 4) is 0 Å². The van der Waals surface area contributed by atoms with Crippen LogP contribution in [0.1, 0.15) is 66.7 Å². The summed E-state index contributed by atoms with van der Waals surface area (Å²) in [6.45, 7) is 15.8. The zero-order valence-corrected chi connectivity index (χ0v) is 13.8. The molecule has 0 spiro atoms. The monoisotopic (exact) mass is 266 g/mol. The van der Waals surface area contributed by atoms with Gasteiger partial charge >= 0.3 is 0 Å². The van der Waals surface area contributed by atoms with Gasteiger partial charge in [-0.25, -0.2) is 0 Å². The number of likely N-dealkylation sites (tertiary alicyclic amines) is 1. The van der Waals surface area contributed by atoms with Gasteiger partial charge in [0.1, 0.15) is 0 Å². The standard InChI is InChI=1S/C17H34N2/c1-6-19-9-7-8-14(12-19)18-15-10-16(2,3)13-17(4,5)11-15/h14-15,18H,6-13H2,1-5H3. The minimum atomic E-state index is 0.499. The Kier molecular flexibility index (Phi) is 4.62. The van der Waals surface area contributed by atoms with Gasteiger partial charge in [0.2, 0.25) is 0 Å². The molecule has 2 rings (SSSR count). The molecule has 2 aliphatic rings. The van der Waals surface area contributed by atoms with Crippen LogP contribution in [0.4, 0.5) is 0 Å². The van der Waals surface area contributed by atoms with E-state index >= 15 is 0 Å². The highest BCUT2D eigenvalue weighted by Crippen LogP contribution is 2.45. The van der Waals surface area contributed by atoms with Crippen molar-refractivity contribution in [3.63, 3.8) is 0 Å². The van der Waals surface area contributed by atoms with Gasteiger partial charge in [0.15, 0.2) is 0 Å². The summed E-state index contributed by atoms with van der Waals surface area (Å²) in [4.78, 5) is 2.60. The van der Waals surface area contributed by atoms with E-state index in [9.17, 15) is 0 Å². The molecule has 1 unspecified atom stereocenters. The highest BCUT2D eigenvalue weighted by Gasteiger charge is 2.39. The molecule has 1 saturated heterocycles. The summed E-state index contributed by atoms with van der Waals surface area (Å²) in [6, 6.07) is 1.45. The fourth-order valence-electron chi connectivity index (χ4n) is 4.78. The molecule has 19 heavy (non-hydrogen) atoms. The van der Waals surface area contributed by atoms with Crippen molar-refractivity contribution in [3.05, 3.63) is 0 Å². The van der Waals surface area contributed by atoms with Crippen molar-refractivity contribution in [2.45, 2.75) is 78.8 Å². The van der Waals surface area contributed by atoms with Crippen molar-refractivity contribution in [1.82, 2.24) is 10.2 Å². The SMILES string of the molecule is CCN1CCCC(NC2CC(C)(C)CC(C)(C)C2)C1. The van der Waals surface area contributed by atoms with Gasteiger partial charge < -0.3 is 10.2 Å². The van der Waals surface area contributed by atoms with E-state index in [1.54, 1.807) is 0 Å². The van der Waals surface area contributed by atoms with Crippen molar-refractivity contribution in [2.75, 3.05) is 19.6 Å². The van der Waals surface area contributed by atoms with E-state index in [2.05, 4.69) is 44.8 Å². The van der Waals surface area contributed by atoms with Crippen LogP contribution in [-0.4, -0.2) is 36.6 Å². The molecule has 1 atom stereocenters. The molecular weight excluding hydrogens is 232 g/mol. The van der Waals surface area contributed by atoms with Crippen molar-refractivity contribution in [1.29, 1.82) is 0 Å². The number of likely N-dealkylation sites (N-methyl/N-ethyl adjacent to an activating group) is 1. The lowest BCUT2D eigenvalue weighted by Gasteiger charge is -2.47. The number of hydrogen-bond acceptors (Lipinski definition) is 2. The molecule has 1 saturated carbocycles. The van der Waals surface area contributed by atoms with Gasteiger partial charge in [0, 0.05) is 18.6 Å². The van der Waals surface area contributed by atoms with Crippen LogP contribution in [0.25, 0.3) is 0 Å². The molecule has 0 aromatic rings.